The number of rotatable bonds is 8. The van der Waals surface area contributed by atoms with Gasteiger partial charge in [0.05, 0.1) is 23.7 Å². The van der Waals surface area contributed by atoms with Gasteiger partial charge in [-0.2, -0.15) is 4.31 Å². The molecule has 2 aromatic rings. The van der Waals surface area contributed by atoms with Gasteiger partial charge in [-0.1, -0.05) is 18.0 Å². The molecule has 7 nitrogen and oxygen atoms in total. The molecule has 0 bridgehead atoms. The second kappa shape index (κ2) is 9.75. The number of furan rings is 1. The fraction of sp³-hybridized carbons (Fsp3) is 0.450. The summed E-state index contributed by atoms with van der Waals surface area (Å²) in [6, 6.07) is 9.55. The minimum Gasteiger partial charge on any atom is -0.468 e. The summed E-state index contributed by atoms with van der Waals surface area (Å²) in [4.78, 5) is 14.9. The van der Waals surface area contributed by atoms with E-state index in [0.717, 1.165) is 36.0 Å². The lowest BCUT2D eigenvalue weighted by Crippen LogP contribution is -2.43. The Morgan fingerprint density at radius 2 is 1.90 bits per heavy atom. The molecule has 9 heteroatoms. The smallest absolute Gasteiger partial charge is 0.243 e. The van der Waals surface area contributed by atoms with E-state index in [-0.39, 0.29) is 23.4 Å². The number of carbonyl (C=O) groups is 1. The van der Waals surface area contributed by atoms with Crippen LogP contribution < -0.4 is 5.32 Å². The van der Waals surface area contributed by atoms with Crippen LogP contribution in [0, 0.1) is 0 Å². The van der Waals surface area contributed by atoms with Crippen LogP contribution in [0.15, 0.2) is 52.0 Å². The molecular weight excluding hydrogens is 414 g/mol. The number of halogens is 1. The van der Waals surface area contributed by atoms with Crippen molar-refractivity contribution in [2.45, 2.75) is 30.2 Å². The highest BCUT2D eigenvalue weighted by Crippen LogP contribution is 2.24. The van der Waals surface area contributed by atoms with Crippen LogP contribution in [0.3, 0.4) is 0 Å². The number of piperidine rings is 1. The van der Waals surface area contributed by atoms with Crippen molar-refractivity contribution >= 4 is 27.5 Å². The fourth-order valence-electron chi connectivity index (χ4n) is 3.46. The van der Waals surface area contributed by atoms with Crippen LogP contribution in [0.5, 0.6) is 0 Å². The molecular formula is C20H26ClN3O4S. The maximum Gasteiger partial charge on any atom is 0.243 e. The molecule has 1 aromatic heterocycles. The zero-order chi connectivity index (χ0) is 20.9. The Labute approximate surface area is 176 Å². The fourth-order valence-corrected chi connectivity index (χ4v) is 4.71. The third kappa shape index (κ3) is 5.60. The van der Waals surface area contributed by atoms with Gasteiger partial charge in [0, 0.05) is 18.6 Å². The summed E-state index contributed by atoms with van der Waals surface area (Å²) in [7, 11) is -2.38. The maximum absolute atomic E-state index is 12.6. The van der Waals surface area contributed by atoms with Gasteiger partial charge >= 0.3 is 0 Å². The third-order valence-corrected chi connectivity index (χ3v) is 7.15. The van der Waals surface area contributed by atoms with Crippen LogP contribution in [0.25, 0.3) is 0 Å². The molecule has 0 aliphatic carbocycles. The number of sulfonamides is 1. The molecule has 2 heterocycles. The number of nitrogens with one attached hydrogen (secondary N) is 1. The summed E-state index contributed by atoms with van der Waals surface area (Å²) in [6.45, 7) is 2.00. The Morgan fingerprint density at radius 3 is 2.52 bits per heavy atom. The molecule has 1 aliphatic heterocycles. The van der Waals surface area contributed by atoms with Gasteiger partial charge in [-0.05, 0) is 62.3 Å². The first-order chi connectivity index (χ1) is 13.9. The van der Waals surface area contributed by atoms with E-state index in [9.17, 15) is 13.2 Å². The van der Waals surface area contributed by atoms with E-state index in [4.69, 9.17) is 16.0 Å². The highest BCUT2D eigenvalue weighted by Gasteiger charge is 2.26. The van der Waals surface area contributed by atoms with Crippen molar-refractivity contribution in [3.05, 3.63) is 53.4 Å². The Balaban J connectivity index is 1.60. The van der Waals surface area contributed by atoms with Crippen LogP contribution in [0.1, 0.15) is 31.1 Å². The summed E-state index contributed by atoms with van der Waals surface area (Å²) in [6.07, 6.45) is 5.07. The van der Waals surface area contributed by atoms with E-state index in [1.54, 1.807) is 6.26 Å². The van der Waals surface area contributed by atoms with Gasteiger partial charge in [0.2, 0.25) is 15.9 Å². The van der Waals surface area contributed by atoms with Gasteiger partial charge in [-0.25, -0.2) is 8.42 Å². The summed E-state index contributed by atoms with van der Waals surface area (Å²) in [5.74, 6) is 0.438. The number of benzene rings is 1. The van der Waals surface area contributed by atoms with Gasteiger partial charge in [0.15, 0.2) is 0 Å². The molecule has 1 amide bonds. The van der Waals surface area contributed by atoms with Crippen molar-refractivity contribution in [2.75, 3.05) is 33.2 Å². The second-order valence-electron chi connectivity index (χ2n) is 7.15. The highest BCUT2D eigenvalue weighted by atomic mass is 35.5. The van der Waals surface area contributed by atoms with Crippen LogP contribution >= 0.6 is 11.6 Å². The zero-order valence-electron chi connectivity index (χ0n) is 16.4. The largest absolute Gasteiger partial charge is 0.468 e. The molecule has 0 saturated carbocycles. The first kappa shape index (κ1) is 21.8. The third-order valence-electron chi connectivity index (χ3n) is 5.08. The monoisotopic (exact) mass is 439 g/mol. The van der Waals surface area contributed by atoms with E-state index in [0.29, 0.717) is 11.6 Å². The summed E-state index contributed by atoms with van der Waals surface area (Å²) in [5.41, 5.74) is 0. The minimum atomic E-state index is -3.77. The van der Waals surface area contributed by atoms with Crippen molar-refractivity contribution in [3.8, 4) is 0 Å². The van der Waals surface area contributed by atoms with Gasteiger partial charge in [-0.3, -0.25) is 9.69 Å². The normalized spacial score (nSPS) is 16.7. The number of nitrogens with zero attached hydrogens (tertiary/aromatic N) is 2. The van der Waals surface area contributed by atoms with Gasteiger partial charge in [0.1, 0.15) is 5.76 Å². The summed E-state index contributed by atoms with van der Waals surface area (Å²) in [5, 5.41) is 3.31. The molecule has 1 N–H and O–H groups in total. The van der Waals surface area contributed by atoms with E-state index in [1.165, 1.54) is 37.7 Å². The highest BCUT2D eigenvalue weighted by molar-refractivity contribution is 7.89. The molecule has 158 valence electrons. The lowest BCUT2D eigenvalue weighted by Gasteiger charge is -2.33. The number of likely N-dealkylation sites (tertiary alicyclic amines) is 1. The topological polar surface area (TPSA) is 82.9 Å². The Hall–Kier alpha value is -1.87. The molecule has 1 fully saturated rings. The molecule has 1 saturated heterocycles. The first-order valence-electron chi connectivity index (χ1n) is 9.64. The molecule has 1 aromatic carbocycles. The number of hydrogen-bond donors (Lipinski definition) is 1. The van der Waals surface area contributed by atoms with Crippen LogP contribution in [0.4, 0.5) is 0 Å². The number of likely N-dealkylation sites (N-methyl/N-ethyl adjacent to an activating group) is 1. The Morgan fingerprint density at radius 1 is 1.21 bits per heavy atom. The second-order valence-corrected chi connectivity index (χ2v) is 9.63. The lowest BCUT2D eigenvalue weighted by molar-refractivity contribution is -0.121. The van der Waals surface area contributed by atoms with Crippen LogP contribution in [0.2, 0.25) is 5.02 Å². The molecule has 0 unspecified atom stereocenters. The van der Waals surface area contributed by atoms with Crippen LogP contribution in [-0.2, 0) is 14.8 Å². The predicted molar refractivity (Wildman–Crippen MR) is 111 cm³/mol. The molecule has 29 heavy (non-hydrogen) atoms. The number of amides is 1. The first-order valence-corrected chi connectivity index (χ1v) is 11.5. The van der Waals surface area contributed by atoms with Crippen molar-refractivity contribution < 1.29 is 17.6 Å². The quantitative estimate of drug-likeness (QED) is 0.683. The molecule has 3 rings (SSSR count). The molecule has 1 aliphatic rings. The molecule has 0 radical (unpaired) electrons. The van der Waals surface area contributed by atoms with E-state index in [1.807, 2.05) is 12.1 Å². The standard InChI is InChI=1S/C20H26ClN3O4S/c1-23(29(26,27)17-9-7-16(21)8-10-17)15-20(25)22-14-18(19-6-5-13-28-19)24-11-3-2-4-12-24/h5-10,13,18H,2-4,11-12,14-15H2,1H3,(H,22,25)/t18-/m0/s1. The predicted octanol–water partition coefficient (Wildman–Crippen LogP) is 2.90. The average molecular weight is 440 g/mol. The van der Waals surface area contributed by atoms with Crippen LogP contribution in [-0.4, -0.2) is 56.8 Å². The Kier molecular flexibility index (Phi) is 7.34. The van der Waals surface area contributed by atoms with Crippen molar-refractivity contribution in [1.29, 1.82) is 0 Å². The van der Waals surface area contributed by atoms with E-state index in [2.05, 4.69) is 10.2 Å². The SMILES string of the molecule is CN(CC(=O)NC[C@@H](c1ccco1)N1CCCCC1)S(=O)(=O)c1ccc(Cl)cc1. The van der Waals surface area contributed by atoms with Gasteiger partial charge in [0.25, 0.3) is 0 Å². The van der Waals surface area contributed by atoms with Crippen molar-refractivity contribution in [2.24, 2.45) is 0 Å². The zero-order valence-corrected chi connectivity index (χ0v) is 18.0. The number of hydrogen-bond acceptors (Lipinski definition) is 5. The minimum absolute atomic E-state index is 0.0626. The lowest BCUT2D eigenvalue weighted by atomic mass is 10.1. The summed E-state index contributed by atoms with van der Waals surface area (Å²) >= 11 is 5.82. The van der Waals surface area contributed by atoms with Crippen molar-refractivity contribution in [1.82, 2.24) is 14.5 Å². The maximum atomic E-state index is 12.6. The molecule has 1 atom stereocenters. The van der Waals surface area contributed by atoms with E-state index >= 15 is 0 Å². The van der Waals surface area contributed by atoms with Gasteiger partial charge < -0.3 is 9.73 Å². The summed E-state index contributed by atoms with van der Waals surface area (Å²) < 4.78 is 31.9. The average Bonchev–Trinajstić information content (AvgIpc) is 3.24. The molecule has 0 spiro atoms. The Bertz CT molecular complexity index is 894. The van der Waals surface area contributed by atoms with Gasteiger partial charge in [-0.15, -0.1) is 0 Å². The number of carbonyl (C=O) groups excluding carboxylic acids is 1. The van der Waals surface area contributed by atoms with E-state index < -0.39 is 10.0 Å². The van der Waals surface area contributed by atoms with Crippen molar-refractivity contribution in [3.63, 3.8) is 0 Å².